The first-order valence-corrected chi connectivity index (χ1v) is 5.61. The third-order valence-corrected chi connectivity index (χ3v) is 3.49. The number of aliphatic hydroxyl groups is 1. The highest BCUT2D eigenvalue weighted by Gasteiger charge is 2.19. The molecule has 1 amide bonds. The molecule has 0 saturated carbocycles. The summed E-state index contributed by atoms with van der Waals surface area (Å²) in [6.45, 7) is -0.338. The fraction of sp³-hybridized carbons (Fsp3) is 0.375. The summed E-state index contributed by atoms with van der Waals surface area (Å²) in [6, 6.07) is 0.980. The van der Waals surface area contributed by atoms with Crippen LogP contribution in [0.25, 0.3) is 0 Å². The molecule has 0 radical (unpaired) electrons. The monoisotopic (exact) mass is 278 g/mol. The van der Waals surface area contributed by atoms with Gasteiger partial charge in [-0.05, 0) is 22.0 Å². The zero-order valence-corrected chi connectivity index (χ0v) is 10.0. The van der Waals surface area contributed by atoms with Crippen LogP contribution in [0.1, 0.15) is 0 Å². The molecule has 4 nitrogen and oxygen atoms in total. The average Bonchev–Trinajstić information content (AvgIpc) is 2.61. The van der Waals surface area contributed by atoms with Crippen LogP contribution in [-0.4, -0.2) is 30.7 Å². The topological polar surface area (TPSA) is 66.6 Å². The highest BCUT2D eigenvalue weighted by molar-refractivity contribution is 9.10. The number of nitrogens with zero attached hydrogens (tertiary/aromatic N) is 1. The largest absolute Gasteiger partial charge is 0.394 e. The Bertz CT molecular complexity index is 329. The number of thiophene rings is 1. The van der Waals surface area contributed by atoms with E-state index in [2.05, 4.69) is 15.9 Å². The molecular weight excluding hydrogens is 268 g/mol. The highest BCUT2D eigenvalue weighted by Crippen LogP contribution is 2.27. The molecule has 1 aromatic rings. The number of aliphatic hydroxyl groups excluding tert-OH is 1. The van der Waals surface area contributed by atoms with Crippen LogP contribution in [0.3, 0.4) is 0 Å². The number of nitrogens with two attached hydrogens (primary N) is 1. The highest BCUT2D eigenvalue weighted by atomic mass is 79.9. The van der Waals surface area contributed by atoms with Gasteiger partial charge in [-0.15, -0.1) is 11.3 Å². The van der Waals surface area contributed by atoms with Crippen molar-refractivity contribution in [1.82, 2.24) is 0 Å². The minimum absolute atomic E-state index is 0.290. The Kier molecular flexibility index (Phi) is 4.06. The fourth-order valence-corrected chi connectivity index (χ4v) is 2.31. The van der Waals surface area contributed by atoms with Gasteiger partial charge in [-0.1, -0.05) is 0 Å². The Morgan fingerprint density at radius 1 is 1.86 bits per heavy atom. The summed E-state index contributed by atoms with van der Waals surface area (Å²) in [5.74, 6) is -0.290. The van der Waals surface area contributed by atoms with Crippen LogP contribution in [0.15, 0.2) is 15.9 Å². The van der Waals surface area contributed by atoms with Crippen molar-refractivity contribution in [3.63, 3.8) is 0 Å². The first-order valence-electron chi connectivity index (χ1n) is 3.94. The lowest BCUT2D eigenvalue weighted by molar-refractivity contribution is -0.120. The lowest BCUT2D eigenvalue weighted by Gasteiger charge is -2.18. The lowest BCUT2D eigenvalue weighted by Crippen LogP contribution is -2.43. The van der Waals surface area contributed by atoms with Gasteiger partial charge in [-0.3, -0.25) is 4.79 Å². The van der Waals surface area contributed by atoms with Gasteiger partial charge < -0.3 is 15.7 Å². The molecule has 0 aliphatic carbocycles. The van der Waals surface area contributed by atoms with Crippen molar-refractivity contribution in [2.24, 2.45) is 5.73 Å². The lowest BCUT2D eigenvalue weighted by atomic mass is 10.3. The maximum Gasteiger partial charge on any atom is 0.246 e. The van der Waals surface area contributed by atoms with Gasteiger partial charge in [0.15, 0.2) is 0 Å². The SMILES string of the molecule is CN(C(=O)C(N)CO)c1cc(Br)cs1. The summed E-state index contributed by atoms with van der Waals surface area (Å²) in [7, 11) is 1.64. The van der Waals surface area contributed by atoms with Crippen molar-refractivity contribution in [3.05, 3.63) is 15.9 Å². The van der Waals surface area contributed by atoms with Crippen LogP contribution >= 0.6 is 27.3 Å². The maximum atomic E-state index is 11.5. The molecule has 0 aliphatic rings. The summed E-state index contributed by atoms with van der Waals surface area (Å²) in [6.07, 6.45) is 0. The summed E-state index contributed by atoms with van der Waals surface area (Å²) >= 11 is 4.73. The molecular formula is C8H11BrN2O2S. The van der Waals surface area contributed by atoms with Crippen molar-refractivity contribution in [2.75, 3.05) is 18.6 Å². The van der Waals surface area contributed by atoms with E-state index in [1.807, 2.05) is 11.4 Å². The maximum absolute atomic E-state index is 11.5. The van der Waals surface area contributed by atoms with E-state index in [4.69, 9.17) is 10.8 Å². The van der Waals surface area contributed by atoms with E-state index in [1.54, 1.807) is 7.05 Å². The summed E-state index contributed by atoms with van der Waals surface area (Å²) in [5, 5.41) is 11.4. The molecule has 1 atom stereocenters. The van der Waals surface area contributed by atoms with E-state index in [-0.39, 0.29) is 12.5 Å². The molecule has 0 spiro atoms. The van der Waals surface area contributed by atoms with Gasteiger partial charge in [-0.2, -0.15) is 0 Å². The Hall–Kier alpha value is -0.430. The van der Waals surface area contributed by atoms with Crippen LogP contribution in [0.5, 0.6) is 0 Å². The molecule has 78 valence electrons. The molecule has 1 heterocycles. The van der Waals surface area contributed by atoms with E-state index >= 15 is 0 Å². The van der Waals surface area contributed by atoms with E-state index < -0.39 is 6.04 Å². The number of hydrogen-bond acceptors (Lipinski definition) is 4. The number of anilines is 1. The molecule has 1 rings (SSSR count). The predicted octanol–water partition coefficient (Wildman–Crippen LogP) is 0.793. The van der Waals surface area contributed by atoms with Crippen LogP contribution in [0.4, 0.5) is 5.00 Å². The van der Waals surface area contributed by atoms with E-state index in [1.165, 1.54) is 16.2 Å². The smallest absolute Gasteiger partial charge is 0.246 e. The third kappa shape index (κ3) is 2.54. The molecule has 3 N–H and O–H groups in total. The standard InChI is InChI=1S/C8H11BrN2O2S/c1-11(8(13)6(10)3-12)7-2-5(9)4-14-7/h2,4,6,12H,3,10H2,1H3. The second-order valence-corrected chi connectivity index (χ2v) is 4.59. The van der Waals surface area contributed by atoms with Gasteiger partial charge >= 0.3 is 0 Å². The Morgan fingerprint density at radius 3 is 2.93 bits per heavy atom. The number of rotatable bonds is 3. The Balaban J connectivity index is 2.75. The number of carbonyl (C=O) groups is 1. The number of hydrogen-bond donors (Lipinski definition) is 2. The summed E-state index contributed by atoms with van der Waals surface area (Å²) in [5.41, 5.74) is 5.41. The number of amides is 1. The Morgan fingerprint density at radius 2 is 2.50 bits per heavy atom. The number of carbonyl (C=O) groups excluding carboxylic acids is 1. The fourth-order valence-electron chi connectivity index (χ4n) is 0.914. The normalized spacial score (nSPS) is 12.6. The summed E-state index contributed by atoms with van der Waals surface area (Å²) in [4.78, 5) is 13.0. The minimum Gasteiger partial charge on any atom is -0.394 e. The second-order valence-electron chi connectivity index (χ2n) is 2.79. The first kappa shape index (κ1) is 11.6. The van der Waals surface area contributed by atoms with Gasteiger partial charge in [0.2, 0.25) is 5.91 Å². The average molecular weight is 279 g/mol. The third-order valence-electron chi connectivity index (χ3n) is 1.73. The molecule has 0 aliphatic heterocycles. The van der Waals surface area contributed by atoms with Crippen molar-refractivity contribution < 1.29 is 9.90 Å². The predicted molar refractivity (Wildman–Crippen MR) is 60.5 cm³/mol. The minimum atomic E-state index is -0.846. The molecule has 0 saturated heterocycles. The Labute approximate surface area is 94.5 Å². The number of likely N-dealkylation sites (N-methyl/N-ethyl adjacent to an activating group) is 1. The van der Waals surface area contributed by atoms with Gasteiger partial charge in [0.05, 0.1) is 11.6 Å². The zero-order chi connectivity index (χ0) is 10.7. The summed E-state index contributed by atoms with van der Waals surface area (Å²) < 4.78 is 0.926. The van der Waals surface area contributed by atoms with Gasteiger partial charge in [0.1, 0.15) is 6.04 Å². The van der Waals surface area contributed by atoms with Gasteiger partial charge in [-0.25, -0.2) is 0 Å². The van der Waals surface area contributed by atoms with Crippen molar-refractivity contribution in [3.8, 4) is 0 Å². The molecule has 6 heteroatoms. The first-order chi connectivity index (χ1) is 6.56. The zero-order valence-electron chi connectivity index (χ0n) is 7.61. The van der Waals surface area contributed by atoms with Crippen LogP contribution in [0, 0.1) is 0 Å². The van der Waals surface area contributed by atoms with Crippen LogP contribution < -0.4 is 10.6 Å². The van der Waals surface area contributed by atoms with E-state index in [0.717, 1.165) is 9.47 Å². The molecule has 0 fully saturated rings. The molecule has 1 unspecified atom stereocenters. The van der Waals surface area contributed by atoms with Crippen molar-refractivity contribution in [1.29, 1.82) is 0 Å². The van der Waals surface area contributed by atoms with E-state index in [0.29, 0.717) is 0 Å². The quantitative estimate of drug-likeness (QED) is 0.859. The molecule has 0 aromatic carbocycles. The van der Waals surface area contributed by atoms with Crippen LogP contribution in [0.2, 0.25) is 0 Å². The van der Waals surface area contributed by atoms with E-state index in [9.17, 15) is 4.79 Å². The van der Waals surface area contributed by atoms with Gasteiger partial charge in [0, 0.05) is 16.9 Å². The van der Waals surface area contributed by atoms with Crippen molar-refractivity contribution in [2.45, 2.75) is 6.04 Å². The van der Waals surface area contributed by atoms with Crippen molar-refractivity contribution >= 4 is 38.2 Å². The van der Waals surface area contributed by atoms with Crippen LogP contribution in [-0.2, 0) is 4.79 Å². The molecule has 0 bridgehead atoms. The number of halogens is 1. The molecule has 14 heavy (non-hydrogen) atoms. The van der Waals surface area contributed by atoms with Gasteiger partial charge in [0.25, 0.3) is 0 Å². The molecule has 1 aromatic heterocycles. The second kappa shape index (κ2) is 4.88.